The molecule has 0 unspecified atom stereocenters. The third-order valence-corrected chi connectivity index (χ3v) is 4.95. The molecule has 0 aliphatic heterocycles. The first-order valence-electron chi connectivity index (χ1n) is 6.14. The fourth-order valence-corrected chi connectivity index (χ4v) is 3.81. The van der Waals surface area contributed by atoms with Gasteiger partial charge in [0.1, 0.15) is 4.90 Å². The van der Waals surface area contributed by atoms with Gasteiger partial charge in [-0.2, -0.15) is 5.10 Å². The van der Waals surface area contributed by atoms with Crippen molar-refractivity contribution in [1.29, 1.82) is 0 Å². The molecule has 1 aromatic carbocycles. The predicted molar refractivity (Wildman–Crippen MR) is 86.9 cm³/mol. The predicted octanol–water partition coefficient (Wildman–Crippen LogP) is 3.09. The Bertz CT molecular complexity index is 761. The van der Waals surface area contributed by atoms with Crippen molar-refractivity contribution in [1.82, 2.24) is 9.78 Å². The number of nitrogen functional groups attached to an aromatic ring is 1. The monoisotopic (exact) mass is 392 g/mol. The van der Waals surface area contributed by atoms with Gasteiger partial charge in [-0.3, -0.25) is 9.40 Å². The van der Waals surface area contributed by atoms with Gasteiger partial charge in [-0.05, 0) is 40.5 Å². The van der Waals surface area contributed by atoms with E-state index in [4.69, 9.17) is 17.3 Å². The van der Waals surface area contributed by atoms with Crippen LogP contribution in [0.15, 0.2) is 33.8 Å². The molecule has 9 heteroatoms. The minimum absolute atomic E-state index is 0.0268. The van der Waals surface area contributed by atoms with Gasteiger partial charge in [-0.15, -0.1) is 0 Å². The van der Waals surface area contributed by atoms with Gasteiger partial charge in [0.15, 0.2) is 5.82 Å². The topological polar surface area (TPSA) is 90.0 Å². The van der Waals surface area contributed by atoms with Crippen LogP contribution < -0.4 is 10.5 Å². The number of aromatic nitrogens is 2. The van der Waals surface area contributed by atoms with Gasteiger partial charge >= 0.3 is 0 Å². The maximum atomic E-state index is 12.4. The zero-order valence-electron chi connectivity index (χ0n) is 11.2. The number of benzene rings is 1. The highest BCUT2D eigenvalue weighted by Crippen LogP contribution is 2.29. The Balaban J connectivity index is 2.34. The van der Waals surface area contributed by atoms with Gasteiger partial charge in [-0.1, -0.05) is 18.5 Å². The van der Waals surface area contributed by atoms with Crippen LogP contribution in [0.4, 0.5) is 11.5 Å². The van der Waals surface area contributed by atoms with Crippen LogP contribution >= 0.6 is 27.5 Å². The van der Waals surface area contributed by atoms with Crippen LogP contribution in [-0.2, 0) is 16.6 Å². The number of sulfonamides is 1. The average molecular weight is 394 g/mol. The van der Waals surface area contributed by atoms with Crippen molar-refractivity contribution in [3.8, 4) is 0 Å². The lowest BCUT2D eigenvalue weighted by molar-refractivity contribution is 0.595. The van der Waals surface area contributed by atoms with Gasteiger partial charge in [0.2, 0.25) is 0 Å². The molecule has 0 saturated heterocycles. The molecule has 114 valence electrons. The number of hydrogen-bond acceptors (Lipinski definition) is 4. The number of rotatable bonds is 5. The van der Waals surface area contributed by atoms with Crippen molar-refractivity contribution in [2.24, 2.45) is 0 Å². The Morgan fingerprint density at radius 1 is 1.48 bits per heavy atom. The van der Waals surface area contributed by atoms with Crippen molar-refractivity contribution < 1.29 is 8.42 Å². The molecule has 0 aliphatic carbocycles. The number of nitrogens with two attached hydrogens (primary N) is 1. The van der Waals surface area contributed by atoms with Crippen LogP contribution in [0.5, 0.6) is 0 Å². The Labute approximate surface area is 136 Å². The molecule has 3 N–H and O–H groups in total. The van der Waals surface area contributed by atoms with E-state index in [2.05, 4.69) is 25.8 Å². The summed E-state index contributed by atoms with van der Waals surface area (Å²) in [5, 5.41) is 4.49. The summed E-state index contributed by atoms with van der Waals surface area (Å²) in [5.41, 5.74) is 6.07. The van der Waals surface area contributed by atoms with E-state index in [1.54, 1.807) is 18.2 Å². The summed E-state index contributed by atoms with van der Waals surface area (Å²) in [6.07, 6.45) is 2.25. The first kappa shape index (κ1) is 16.1. The van der Waals surface area contributed by atoms with E-state index >= 15 is 0 Å². The second kappa shape index (κ2) is 6.25. The molecule has 1 aromatic heterocycles. The van der Waals surface area contributed by atoms with Gasteiger partial charge in [0.05, 0.1) is 5.69 Å². The zero-order chi connectivity index (χ0) is 15.6. The van der Waals surface area contributed by atoms with Crippen molar-refractivity contribution >= 4 is 49.1 Å². The molecule has 2 aromatic rings. The van der Waals surface area contributed by atoms with Gasteiger partial charge in [-0.25, -0.2) is 8.42 Å². The Hall–Kier alpha value is -1.25. The number of nitrogens with zero attached hydrogens (tertiary/aromatic N) is 2. The van der Waals surface area contributed by atoms with Crippen molar-refractivity contribution in [3.63, 3.8) is 0 Å². The number of halogens is 2. The van der Waals surface area contributed by atoms with E-state index in [-0.39, 0.29) is 10.7 Å². The summed E-state index contributed by atoms with van der Waals surface area (Å²) in [5.74, 6) is -0.0268. The highest BCUT2D eigenvalue weighted by atomic mass is 79.9. The lowest BCUT2D eigenvalue weighted by Crippen LogP contribution is -2.14. The number of hydrogen-bond donors (Lipinski definition) is 2. The maximum Gasteiger partial charge on any atom is 0.267 e. The minimum atomic E-state index is -3.81. The summed E-state index contributed by atoms with van der Waals surface area (Å²) < 4.78 is 29.3. The van der Waals surface area contributed by atoms with E-state index in [1.807, 2.05) is 6.92 Å². The number of nitrogens with one attached hydrogen (secondary N) is 1. The standard InChI is InChI=1S/C12H14BrClN4O2S/c1-2-5-18-7-11(12(15)16-18)21(19,20)17-10-4-3-8(14)6-9(10)13/h3-4,6-7,17H,2,5H2,1H3,(H2,15,16). The molecule has 0 saturated carbocycles. The molecule has 0 aliphatic rings. The molecule has 6 nitrogen and oxygen atoms in total. The number of anilines is 2. The molecular formula is C12H14BrClN4O2S. The molecule has 0 radical (unpaired) electrons. The van der Waals surface area contributed by atoms with Gasteiger partial charge < -0.3 is 5.73 Å². The van der Waals surface area contributed by atoms with E-state index < -0.39 is 10.0 Å². The lowest BCUT2D eigenvalue weighted by atomic mass is 10.3. The smallest absolute Gasteiger partial charge is 0.267 e. The summed E-state index contributed by atoms with van der Waals surface area (Å²) in [7, 11) is -3.81. The number of aryl methyl sites for hydroxylation is 1. The highest BCUT2D eigenvalue weighted by Gasteiger charge is 2.22. The molecule has 0 amide bonds. The maximum absolute atomic E-state index is 12.4. The van der Waals surface area contributed by atoms with Gasteiger partial charge in [0.25, 0.3) is 10.0 Å². The van der Waals surface area contributed by atoms with Crippen LogP contribution in [-0.4, -0.2) is 18.2 Å². The van der Waals surface area contributed by atoms with Crippen LogP contribution in [0.3, 0.4) is 0 Å². The molecule has 0 bridgehead atoms. The largest absolute Gasteiger partial charge is 0.381 e. The molecule has 1 heterocycles. The fourth-order valence-electron chi connectivity index (χ4n) is 1.74. The summed E-state index contributed by atoms with van der Waals surface area (Å²) in [6.45, 7) is 2.57. The van der Waals surface area contributed by atoms with Crippen LogP contribution in [0.1, 0.15) is 13.3 Å². The molecular weight excluding hydrogens is 380 g/mol. The van der Waals surface area contributed by atoms with E-state index in [1.165, 1.54) is 10.9 Å². The van der Waals surface area contributed by atoms with Crippen LogP contribution in [0.25, 0.3) is 0 Å². The van der Waals surface area contributed by atoms with Gasteiger partial charge in [0, 0.05) is 22.2 Å². The zero-order valence-corrected chi connectivity index (χ0v) is 14.3. The molecule has 0 spiro atoms. The van der Waals surface area contributed by atoms with Crippen molar-refractivity contribution in [2.75, 3.05) is 10.5 Å². The second-order valence-corrected chi connectivity index (χ2v) is 7.31. The highest BCUT2D eigenvalue weighted by molar-refractivity contribution is 9.10. The SMILES string of the molecule is CCCn1cc(S(=O)(=O)Nc2ccc(Cl)cc2Br)c(N)n1. The lowest BCUT2D eigenvalue weighted by Gasteiger charge is -2.09. The normalized spacial score (nSPS) is 11.6. The summed E-state index contributed by atoms with van der Waals surface area (Å²) in [6, 6.07) is 4.76. The molecule has 0 fully saturated rings. The van der Waals surface area contributed by atoms with Crippen molar-refractivity contribution in [3.05, 3.63) is 33.9 Å². The third kappa shape index (κ3) is 3.69. The molecule has 21 heavy (non-hydrogen) atoms. The van der Waals surface area contributed by atoms with Crippen molar-refractivity contribution in [2.45, 2.75) is 24.8 Å². The molecule has 2 rings (SSSR count). The van der Waals surface area contributed by atoms with E-state index in [0.29, 0.717) is 21.7 Å². The fraction of sp³-hybridized carbons (Fsp3) is 0.250. The Morgan fingerprint density at radius 3 is 2.81 bits per heavy atom. The quantitative estimate of drug-likeness (QED) is 0.816. The Kier molecular flexibility index (Phi) is 4.80. The third-order valence-electron chi connectivity index (χ3n) is 2.67. The summed E-state index contributed by atoms with van der Waals surface area (Å²) >= 11 is 9.09. The minimum Gasteiger partial charge on any atom is -0.381 e. The first-order chi connectivity index (χ1) is 9.83. The second-order valence-electron chi connectivity index (χ2n) is 4.37. The van der Waals surface area contributed by atoms with Crippen LogP contribution in [0, 0.1) is 0 Å². The van der Waals surface area contributed by atoms with E-state index in [9.17, 15) is 8.42 Å². The Morgan fingerprint density at radius 2 is 2.19 bits per heavy atom. The summed E-state index contributed by atoms with van der Waals surface area (Å²) in [4.78, 5) is -0.0437. The molecule has 0 atom stereocenters. The van der Waals surface area contributed by atoms with Crippen LogP contribution in [0.2, 0.25) is 5.02 Å². The van der Waals surface area contributed by atoms with E-state index in [0.717, 1.165) is 6.42 Å². The average Bonchev–Trinajstić information content (AvgIpc) is 2.75. The first-order valence-corrected chi connectivity index (χ1v) is 8.79.